The first-order valence-electron chi connectivity index (χ1n) is 7.01. The van der Waals surface area contributed by atoms with Crippen LogP contribution in [-0.2, 0) is 0 Å². The van der Waals surface area contributed by atoms with E-state index in [0.29, 0.717) is 11.2 Å². The molecule has 1 rings (SSSR count). The van der Waals surface area contributed by atoms with E-state index in [2.05, 4.69) is 58.9 Å². The molecule has 0 spiro atoms. The van der Waals surface area contributed by atoms with Crippen LogP contribution in [-0.4, -0.2) is 30.5 Å². The Morgan fingerprint density at radius 3 is 2.35 bits per heavy atom. The smallest absolute Gasteiger partial charge is 0.187 e. The lowest BCUT2D eigenvalue weighted by molar-refractivity contribution is 0.720. The predicted octanol–water partition coefficient (Wildman–Crippen LogP) is 2.74. The molecule has 0 aliphatic carbocycles. The van der Waals surface area contributed by atoms with Crippen molar-refractivity contribution in [1.29, 1.82) is 0 Å². The molecule has 0 aromatic heterocycles. The van der Waals surface area contributed by atoms with Crippen molar-refractivity contribution in [1.82, 2.24) is 10.7 Å². The first-order valence-corrected chi connectivity index (χ1v) is 7.42. The summed E-state index contributed by atoms with van der Waals surface area (Å²) in [6.45, 7) is 10.4. The third kappa shape index (κ3) is 5.57. The molecule has 0 fully saturated rings. The molecule has 1 aromatic carbocycles. The van der Waals surface area contributed by atoms with Gasteiger partial charge in [-0.3, -0.25) is 5.43 Å². The monoisotopic (exact) mass is 292 g/mol. The minimum atomic E-state index is 0.304. The van der Waals surface area contributed by atoms with Crippen LogP contribution in [0.3, 0.4) is 0 Å². The van der Waals surface area contributed by atoms with E-state index in [4.69, 9.17) is 12.2 Å². The molecule has 0 atom stereocenters. The Morgan fingerprint density at radius 1 is 1.25 bits per heavy atom. The summed E-state index contributed by atoms with van der Waals surface area (Å²) in [5.41, 5.74) is 5.08. The first kappa shape index (κ1) is 16.4. The minimum Gasteiger partial charge on any atom is -0.372 e. The molecule has 0 radical (unpaired) electrons. The molecule has 0 aliphatic heterocycles. The van der Waals surface area contributed by atoms with Gasteiger partial charge in [0.25, 0.3) is 0 Å². The molecule has 110 valence electrons. The highest BCUT2D eigenvalue weighted by molar-refractivity contribution is 7.80. The van der Waals surface area contributed by atoms with Gasteiger partial charge in [-0.2, -0.15) is 5.10 Å². The van der Waals surface area contributed by atoms with Crippen LogP contribution in [0.5, 0.6) is 0 Å². The van der Waals surface area contributed by atoms with Gasteiger partial charge in [0.05, 0.1) is 6.21 Å². The number of benzene rings is 1. The minimum absolute atomic E-state index is 0.304. The highest BCUT2D eigenvalue weighted by Gasteiger charge is 2.00. The van der Waals surface area contributed by atoms with Gasteiger partial charge in [-0.1, -0.05) is 12.1 Å². The Balaban J connectivity index is 2.55. The average Bonchev–Trinajstić information content (AvgIpc) is 2.41. The molecule has 0 heterocycles. The predicted molar refractivity (Wildman–Crippen MR) is 91.6 cm³/mol. The van der Waals surface area contributed by atoms with Gasteiger partial charge < -0.3 is 10.2 Å². The molecule has 0 bridgehead atoms. The van der Waals surface area contributed by atoms with Crippen molar-refractivity contribution in [3.63, 3.8) is 0 Å². The maximum absolute atomic E-state index is 5.09. The fourth-order valence-corrected chi connectivity index (χ4v) is 2.11. The molecule has 1 aromatic rings. The van der Waals surface area contributed by atoms with E-state index in [9.17, 15) is 0 Å². The lowest BCUT2D eigenvalue weighted by atomic mass is 10.2. The van der Waals surface area contributed by atoms with Crippen LogP contribution in [0.25, 0.3) is 0 Å². The topological polar surface area (TPSA) is 39.7 Å². The average molecular weight is 292 g/mol. The third-order valence-corrected chi connectivity index (χ3v) is 3.03. The van der Waals surface area contributed by atoms with Gasteiger partial charge in [0, 0.05) is 24.8 Å². The van der Waals surface area contributed by atoms with E-state index in [-0.39, 0.29) is 0 Å². The van der Waals surface area contributed by atoms with Gasteiger partial charge >= 0.3 is 0 Å². The van der Waals surface area contributed by atoms with E-state index in [1.807, 2.05) is 13.8 Å². The van der Waals surface area contributed by atoms with Crippen molar-refractivity contribution in [2.75, 3.05) is 18.0 Å². The molecular weight excluding hydrogens is 268 g/mol. The lowest BCUT2D eigenvalue weighted by Gasteiger charge is -2.20. The van der Waals surface area contributed by atoms with Crippen molar-refractivity contribution < 1.29 is 0 Å². The quantitative estimate of drug-likeness (QED) is 0.480. The summed E-state index contributed by atoms with van der Waals surface area (Å²) in [7, 11) is 0. The zero-order valence-electron chi connectivity index (χ0n) is 12.7. The van der Waals surface area contributed by atoms with E-state index < -0.39 is 0 Å². The number of thiocarbonyl (C=S) groups is 1. The highest BCUT2D eigenvalue weighted by atomic mass is 32.1. The van der Waals surface area contributed by atoms with Crippen molar-refractivity contribution in [2.24, 2.45) is 5.10 Å². The van der Waals surface area contributed by atoms with Gasteiger partial charge in [0.15, 0.2) is 5.11 Å². The van der Waals surface area contributed by atoms with Crippen LogP contribution in [0.1, 0.15) is 33.3 Å². The fourth-order valence-electron chi connectivity index (χ4n) is 1.82. The Hall–Kier alpha value is -1.62. The summed E-state index contributed by atoms with van der Waals surface area (Å²) in [4.78, 5) is 2.31. The van der Waals surface area contributed by atoms with E-state index in [1.54, 1.807) is 6.21 Å². The second-order valence-corrected chi connectivity index (χ2v) is 5.17. The van der Waals surface area contributed by atoms with Crippen molar-refractivity contribution in [3.05, 3.63) is 29.8 Å². The van der Waals surface area contributed by atoms with Crippen LogP contribution in [0.15, 0.2) is 29.4 Å². The number of nitrogens with zero attached hydrogens (tertiary/aromatic N) is 2. The summed E-state index contributed by atoms with van der Waals surface area (Å²) in [6.07, 6.45) is 1.76. The van der Waals surface area contributed by atoms with Crippen molar-refractivity contribution in [2.45, 2.75) is 33.7 Å². The number of anilines is 1. The van der Waals surface area contributed by atoms with Gasteiger partial charge in [-0.25, -0.2) is 0 Å². The molecular formula is C15H24N4S. The van der Waals surface area contributed by atoms with Crippen LogP contribution < -0.4 is 15.6 Å². The molecule has 4 nitrogen and oxygen atoms in total. The van der Waals surface area contributed by atoms with E-state index in [0.717, 1.165) is 18.7 Å². The summed E-state index contributed by atoms with van der Waals surface area (Å²) >= 11 is 5.09. The number of hydrogen-bond acceptors (Lipinski definition) is 3. The van der Waals surface area contributed by atoms with Crippen LogP contribution in [0.2, 0.25) is 0 Å². The lowest BCUT2D eigenvalue weighted by Crippen LogP contribution is -2.36. The second-order valence-electron chi connectivity index (χ2n) is 4.76. The Labute approximate surface area is 127 Å². The number of nitrogens with one attached hydrogen (secondary N) is 2. The van der Waals surface area contributed by atoms with E-state index in [1.165, 1.54) is 5.69 Å². The molecule has 0 amide bonds. The third-order valence-electron chi connectivity index (χ3n) is 2.82. The summed E-state index contributed by atoms with van der Waals surface area (Å²) < 4.78 is 0. The molecule has 0 saturated carbocycles. The van der Waals surface area contributed by atoms with Crippen LogP contribution in [0, 0.1) is 0 Å². The van der Waals surface area contributed by atoms with Gasteiger partial charge in [0.2, 0.25) is 0 Å². The maximum atomic E-state index is 5.09. The summed E-state index contributed by atoms with van der Waals surface area (Å²) in [6, 6.07) is 8.63. The Morgan fingerprint density at radius 2 is 1.85 bits per heavy atom. The largest absolute Gasteiger partial charge is 0.372 e. The zero-order valence-corrected chi connectivity index (χ0v) is 13.5. The molecule has 0 aliphatic rings. The summed E-state index contributed by atoms with van der Waals surface area (Å²) in [5, 5.41) is 7.72. The maximum Gasteiger partial charge on any atom is 0.187 e. The summed E-state index contributed by atoms with van der Waals surface area (Å²) in [5.74, 6) is 0. The van der Waals surface area contributed by atoms with Gasteiger partial charge in [-0.05, 0) is 57.6 Å². The number of hydrazone groups is 1. The van der Waals surface area contributed by atoms with Gasteiger partial charge in [-0.15, -0.1) is 0 Å². The molecule has 20 heavy (non-hydrogen) atoms. The molecule has 0 unspecified atom stereocenters. The van der Waals surface area contributed by atoms with E-state index >= 15 is 0 Å². The standard InChI is InChI=1S/C15H24N4S/c1-5-19(6-2)14-9-7-13(8-10-14)11-16-18-15(20)17-12(3)4/h7-12H,5-6H2,1-4H3,(H2,17,18,20)/b16-11-. The van der Waals surface area contributed by atoms with Crippen LogP contribution >= 0.6 is 12.2 Å². The fraction of sp³-hybridized carbons (Fsp3) is 0.467. The van der Waals surface area contributed by atoms with Gasteiger partial charge in [0.1, 0.15) is 0 Å². The zero-order chi connectivity index (χ0) is 15.0. The number of rotatable bonds is 6. The SMILES string of the molecule is CCN(CC)c1ccc(/C=N\NC(=S)NC(C)C)cc1. The molecule has 0 saturated heterocycles. The second kappa shape index (κ2) is 8.53. The first-order chi connectivity index (χ1) is 9.56. The normalized spacial score (nSPS) is 10.8. The number of hydrogen-bond donors (Lipinski definition) is 2. The Bertz CT molecular complexity index is 436. The van der Waals surface area contributed by atoms with Crippen molar-refractivity contribution in [3.8, 4) is 0 Å². The molecule has 2 N–H and O–H groups in total. The van der Waals surface area contributed by atoms with Crippen LogP contribution in [0.4, 0.5) is 5.69 Å². The highest BCUT2D eigenvalue weighted by Crippen LogP contribution is 2.13. The van der Waals surface area contributed by atoms with Crippen molar-refractivity contribution >= 4 is 29.2 Å². The Kier molecular flexibility index (Phi) is 7.01. The molecule has 5 heteroatoms.